The quantitative estimate of drug-likeness (QED) is 0.880. The Morgan fingerprint density at radius 2 is 2.12 bits per heavy atom. The highest BCUT2D eigenvalue weighted by Gasteiger charge is 2.21. The summed E-state index contributed by atoms with van der Waals surface area (Å²) in [5, 5.41) is 4.33. The average Bonchev–Trinajstić information content (AvgIpc) is 2.35. The molecule has 0 radical (unpaired) electrons. The topological polar surface area (TPSA) is 21.3 Å². The molecular formula is C14H21NOS. The average molecular weight is 251 g/mol. The molecule has 0 spiro atoms. The standard InChI is InChI=1S/C14H21NOS/c1-3-16-13-8-6-12(7-9-13)15-14-5-4-10-17-11(14)2/h6-9,11,14-15H,3-5,10H2,1-2H3. The van der Waals surface area contributed by atoms with Crippen molar-refractivity contribution in [2.45, 2.75) is 38.0 Å². The van der Waals surface area contributed by atoms with Crippen molar-refractivity contribution >= 4 is 17.4 Å². The molecule has 1 N–H and O–H groups in total. The lowest BCUT2D eigenvalue weighted by Crippen LogP contribution is -2.32. The number of nitrogens with one attached hydrogen (secondary N) is 1. The number of benzene rings is 1. The normalized spacial score (nSPS) is 24.4. The molecular weight excluding hydrogens is 230 g/mol. The van der Waals surface area contributed by atoms with Crippen LogP contribution < -0.4 is 10.1 Å². The zero-order valence-corrected chi connectivity index (χ0v) is 11.4. The lowest BCUT2D eigenvalue weighted by Gasteiger charge is -2.30. The van der Waals surface area contributed by atoms with E-state index in [4.69, 9.17) is 4.74 Å². The van der Waals surface area contributed by atoms with Crippen molar-refractivity contribution in [3.05, 3.63) is 24.3 Å². The molecule has 1 aliphatic rings. The number of hydrogen-bond acceptors (Lipinski definition) is 3. The number of thioether (sulfide) groups is 1. The summed E-state index contributed by atoms with van der Waals surface area (Å²) in [6.07, 6.45) is 2.60. The lowest BCUT2D eigenvalue weighted by molar-refractivity contribution is 0.340. The van der Waals surface area contributed by atoms with Gasteiger partial charge in [-0.2, -0.15) is 11.8 Å². The van der Waals surface area contributed by atoms with E-state index in [1.54, 1.807) is 0 Å². The maximum atomic E-state index is 5.44. The van der Waals surface area contributed by atoms with Crippen LogP contribution >= 0.6 is 11.8 Å². The van der Waals surface area contributed by atoms with Gasteiger partial charge >= 0.3 is 0 Å². The van der Waals surface area contributed by atoms with E-state index >= 15 is 0 Å². The maximum Gasteiger partial charge on any atom is 0.119 e. The van der Waals surface area contributed by atoms with Gasteiger partial charge in [0.05, 0.1) is 6.61 Å². The van der Waals surface area contributed by atoms with Gasteiger partial charge in [0, 0.05) is 17.0 Å². The minimum atomic E-state index is 0.603. The van der Waals surface area contributed by atoms with Gasteiger partial charge in [-0.1, -0.05) is 6.92 Å². The summed E-state index contributed by atoms with van der Waals surface area (Å²) in [6.45, 7) is 5.05. The Morgan fingerprint density at radius 3 is 2.76 bits per heavy atom. The second-order valence-electron chi connectivity index (χ2n) is 4.43. The predicted molar refractivity (Wildman–Crippen MR) is 76.2 cm³/mol. The van der Waals surface area contributed by atoms with Gasteiger partial charge in [-0.25, -0.2) is 0 Å². The van der Waals surface area contributed by atoms with Gasteiger partial charge in [-0.15, -0.1) is 0 Å². The first-order valence-corrected chi connectivity index (χ1v) is 7.45. The van der Waals surface area contributed by atoms with E-state index in [2.05, 4.69) is 36.1 Å². The molecule has 1 aliphatic heterocycles. The molecule has 3 heteroatoms. The molecule has 0 aliphatic carbocycles. The molecule has 1 aromatic rings. The molecule has 0 bridgehead atoms. The zero-order valence-electron chi connectivity index (χ0n) is 10.6. The van der Waals surface area contributed by atoms with Gasteiger partial charge in [0.2, 0.25) is 0 Å². The predicted octanol–water partition coefficient (Wildman–Crippen LogP) is 3.78. The molecule has 0 aromatic heterocycles. The summed E-state index contributed by atoms with van der Waals surface area (Å²) in [5.74, 6) is 2.26. The van der Waals surface area contributed by atoms with Crippen LogP contribution in [0.1, 0.15) is 26.7 Å². The summed E-state index contributed by atoms with van der Waals surface area (Å²) < 4.78 is 5.44. The van der Waals surface area contributed by atoms with E-state index < -0.39 is 0 Å². The van der Waals surface area contributed by atoms with Gasteiger partial charge in [-0.05, 0) is 49.8 Å². The molecule has 1 saturated heterocycles. The van der Waals surface area contributed by atoms with E-state index in [1.807, 2.05) is 19.1 Å². The highest BCUT2D eigenvalue weighted by Crippen LogP contribution is 2.28. The Bertz CT molecular complexity index is 339. The highest BCUT2D eigenvalue weighted by atomic mass is 32.2. The van der Waals surface area contributed by atoms with Crippen molar-refractivity contribution < 1.29 is 4.74 Å². The maximum absolute atomic E-state index is 5.44. The van der Waals surface area contributed by atoms with Crippen LogP contribution in [0.3, 0.4) is 0 Å². The molecule has 1 heterocycles. The van der Waals surface area contributed by atoms with Crippen LogP contribution in [0.5, 0.6) is 5.75 Å². The fourth-order valence-corrected chi connectivity index (χ4v) is 3.28. The molecule has 1 aromatic carbocycles. The summed E-state index contributed by atoms with van der Waals surface area (Å²) in [5.41, 5.74) is 1.20. The molecule has 2 rings (SSSR count). The molecule has 17 heavy (non-hydrogen) atoms. The van der Waals surface area contributed by atoms with Crippen LogP contribution in [0.15, 0.2) is 24.3 Å². The number of anilines is 1. The van der Waals surface area contributed by atoms with E-state index in [0.29, 0.717) is 11.3 Å². The van der Waals surface area contributed by atoms with Gasteiger partial charge in [0.25, 0.3) is 0 Å². The summed E-state index contributed by atoms with van der Waals surface area (Å²) in [6, 6.07) is 8.89. The molecule has 0 amide bonds. The Kier molecular flexibility index (Phi) is 4.60. The minimum absolute atomic E-state index is 0.603. The van der Waals surface area contributed by atoms with Crippen LogP contribution in [0, 0.1) is 0 Å². The SMILES string of the molecule is CCOc1ccc(NC2CCCSC2C)cc1. The van der Waals surface area contributed by atoms with Crippen molar-refractivity contribution in [2.24, 2.45) is 0 Å². The van der Waals surface area contributed by atoms with Crippen LogP contribution in [0.25, 0.3) is 0 Å². The van der Waals surface area contributed by atoms with Crippen LogP contribution in [-0.4, -0.2) is 23.7 Å². The highest BCUT2D eigenvalue weighted by molar-refractivity contribution is 8.00. The van der Waals surface area contributed by atoms with Gasteiger partial charge in [0.1, 0.15) is 5.75 Å². The van der Waals surface area contributed by atoms with Crippen LogP contribution in [0.2, 0.25) is 0 Å². The second kappa shape index (κ2) is 6.20. The van der Waals surface area contributed by atoms with Crippen molar-refractivity contribution in [1.29, 1.82) is 0 Å². The minimum Gasteiger partial charge on any atom is -0.494 e. The summed E-state index contributed by atoms with van der Waals surface area (Å²) >= 11 is 2.07. The molecule has 2 unspecified atom stereocenters. The summed E-state index contributed by atoms with van der Waals surface area (Å²) in [4.78, 5) is 0. The first-order chi connectivity index (χ1) is 8.29. The first kappa shape index (κ1) is 12.6. The Balaban J connectivity index is 1.93. The fraction of sp³-hybridized carbons (Fsp3) is 0.571. The number of ether oxygens (including phenoxy) is 1. The summed E-state index contributed by atoms with van der Waals surface area (Å²) in [7, 11) is 0. The number of rotatable bonds is 4. The van der Waals surface area contributed by atoms with Gasteiger partial charge < -0.3 is 10.1 Å². The Labute approximate surface area is 108 Å². The molecule has 94 valence electrons. The zero-order chi connectivity index (χ0) is 12.1. The van der Waals surface area contributed by atoms with Crippen molar-refractivity contribution in [3.63, 3.8) is 0 Å². The molecule has 1 fully saturated rings. The van der Waals surface area contributed by atoms with E-state index in [1.165, 1.54) is 24.3 Å². The second-order valence-corrected chi connectivity index (χ2v) is 5.91. The van der Waals surface area contributed by atoms with Gasteiger partial charge in [0.15, 0.2) is 0 Å². The third-order valence-electron chi connectivity index (χ3n) is 3.12. The van der Waals surface area contributed by atoms with Crippen LogP contribution in [0.4, 0.5) is 5.69 Å². The fourth-order valence-electron chi connectivity index (χ4n) is 2.14. The molecule has 2 nitrogen and oxygen atoms in total. The van der Waals surface area contributed by atoms with Crippen molar-refractivity contribution in [1.82, 2.24) is 0 Å². The Hall–Kier alpha value is -0.830. The molecule has 0 saturated carbocycles. The van der Waals surface area contributed by atoms with Gasteiger partial charge in [-0.3, -0.25) is 0 Å². The third-order valence-corrected chi connectivity index (χ3v) is 4.50. The van der Waals surface area contributed by atoms with Crippen LogP contribution in [-0.2, 0) is 0 Å². The number of hydrogen-bond donors (Lipinski definition) is 1. The smallest absolute Gasteiger partial charge is 0.119 e. The monoisotopic (exact) mass is 251 g/mol. The first-order valence-electron chi connectivity index (χ1n) is 6.40. The van der Waals surface area contributed by atoms with Crippen molar-refractivity contribution in [2.75, 3.05) is 17.7 Å². The van der Waals surface area contributed by atoms with Crippen molar-refractivity contribution in [3.8, 4) is 5.75 Å². The van der Waals surface area contributed by atoms with E-state index in [9.17, 15) is 0 Å². The Morgan fingerprint density at radius 1 is 1.35 bits per heavy atom. The largest absolute Gasteiger partial charge is 0.494 e. The van der Waals surface area contributed by atoms with E-state index in [0.717, 1.165) is 12.4 Å². The lowest BCUT2D eigenvalue weighted by atomic mass is 10.1. The third kappa shape index (κ3) is 3.56. The van der Waals surface area contributed by atoms with E-state index in [-0.39, 0.29) is 0 Å². The molecule has 2 atom stereocenters.